The van der Waals surface area contributed by atoms with E-state index in [1.165, 1.54) is 4.90 Å². The van der Waals surface area contributed by atoms with Crippen molar-refractivity contribution in [2.24, 2.45) is 0 Å². The first kappa shape index (κ1) is 16.2. The molecule has 0 aromatic heterocycles. The zero-order valence-electron chi connectivity index (χ0n) is 13.1. The molecule has 0 radical (unpaired) electrons. The Kier molecular flexibility index (Phi) is 4.65. The number of hydrogen-bond donors (Lipinski definition) is 1. The van der Waals surface area contributed by atoms with Crippen LogP contribution in [0, 0.1) is 24.0 Å². The van der Waals surface area contributed by atoms with Gasteiger partial charge in [-0.15, -0.1) is 0 Å². The van der Waals surface area contributed by atoms with Crippen LogP contribution in [0.2, 0.25) is 0 Å². The number of aryl methyl sites for hydroxylation is 1. The molecule has 1 N–H and O–H groups in total. The lowest BCUT2D eigenvalue weighted by molar-refractivity contribution is -0.385. The minimum atomic E-state index is -0.894. The summed E-state index contributed by atoms with van der Waals surface area (Å²) in [6, 6.07) is 3.48. The van der Waals surface area contributed by atoms with Crippen molar-refractivity contribution >= 4 is 11.8 Å². The van der Waals surface area contributed by atoms with Crippen molar-refractivity contribution in [1.82, 2.24) is 9.80 Å². The third kappa shape index (κ3) is 3.36. The number of nitro groups is 1. The third-order valence-electron chi connectivity index (χ3n) is 4.18. The van der Waals surface area contributed by atoms with E-state index in [2.05, 4.69) is 4.90 Å². The van der Waals surface area contributed by atoms with Crippen LogP contribution in [0.25, 0.3) is 0 Å². The SMILES string of the molecule is Cc1cc(CN2CCN(C(=O)O)[C@@H](C)C2)c(C)c([N+](=O)[O-])c1. The van der Waals surface area contributed by atoms with Crippen LogP contribution >= 0.6 is 0 Å². The van der Waals surface area contributed by atoms with Gasteiger partial charge in [0.1, 0.15) is 0 Å². The van der Waals surface area contributed by atoms with Gasteiger partial charge in [0.15, 0.2) is 0 Å². The molecule has 0 aliphatic carbocycles. The molecule has 1 amide bonds. The Morgan fingerprint density at radius 1 is 1.41 bits per heavy atom. The first-order valence-electron chi connectivity index (χ1n) is 7.26. The van der Waals surface area contributed by atoms with Crippen LogP contribution in [0.3, 0.4) is 0 Å². The van der Waals surface area contributed by atoms with Crippen molar-refractivity contribution in [2.75, 3.05) is 19.6 Å². The standard InChI is InChI=1S/C15H21N3O4/c1-10-6-13(12(3)14(7-10)18(21)22)9-16-4-5-17(15(19)20)11(2)8-16/h6-7,11H,4-5,8-9H2,1-3H3,(H,19,20)/t11-/m0/s1. The lowest BCUT2D eigenvalue weighted by atomic mass is 10.0. The van der Waals surface area contributed by atoms with Gasteiger partial charge in [0.25, 0.3) is 5.69 Å². The highest BCUT2D eigenvalue weighted by atomic mass is 16.6. The molecule has 0 unspecified atom stereocenters. The summed E-state index contributed by atoms with van der Waals surface area (Å²) in [5.41, 5.74) is 2.63. The Bertz CT molecular complexity index is 603. The summed E-state index contributed by atoms with van der Waals surface area (Å²) in [7, 11) is 0. The van der Waals surface area contributed by atoms with Gasteiger partial charge in [-0.2, -0.15) is 0 Å². The minimum absolute atomic E-state index is 0.0775. The number of carboxylic acid groups (broad SMARTS) is 1. The molecule has 7 heteroatoms. The van der Waals surface area contributed by atoms with E-state index in [1.54, 1.807) is 13.0 Å². The van der Waals surface area contributed by atoms with Crippen LogP contribution in [0.5, 0.6) is 0 Å². The van der Waals surface area contributed by atoms with Crippen LogP contribution in [0.1, 0.15) is 23.6 Å². The average Bonchev–Trinajstić information content (AvgIpc) is 2.41. The van der Waals surface area contributed by atoms with Crippen molar-refractivity contribution in [2.45, 2.75) is 33.4 Å². The largest absolute Gasteiger partial charge is 0.465 e. The molecule has 1 atom stereocenters. The zero-order chi connectivity index (χ0) is 16.4. The summed E-state index contributed by atoms with van der Waals surface area (Å²) >= 11 is 0. The van der Waals surface area contributed by atoms with E-state index in [-0.39, 0.29) is 16.7 Å². The number of carbonyl (C=O) groups is 1. The average molecular weight is 307 g/mol. The second kappa shape index (κ2) is 6.31. The number of amides is 1. The smallest absolute Gasteiger partial charge is 0.407 e. The number of rotatable bonds is 3. The molecule has 1 aliphatic rings. The quantitative estimate of drug-likeness (QED) is 0.684. The molecular formula is C15H21N3O4. The maximum Gasteiger partial charge on any atom is 0.407 e. The van der Waals surface area contributed by atoms with E-state index in [1.807, 2.05) is 19.9 Å². The topological polar surface area (TPSA) is 86.9 Å². The zero-order valence-corrected chi connectivity index (χ0v) is 13.1. The van der Waals surface area contributed by atoms with Crippen molar-refractivity contribution in [1.29, 1.82) is 0 Å². The number of nitro benzene ring substituents is 1. The van der Waals surface area contributed by atoms with Crippen LogP contribution in [0.15, 0.2) is 12.1 Å². The normalized spacial score (nSPS) is 19.2. The summed E-state index contributed by atoms with van der Waals surface area (Å²) in [6.07, 6.45) is -0.894. The van der Waals surface area contributed by atoms with Crippen LogP contribution < -0.4 is 0 Å². The molecule has 7 nitrogen and oxygen atoms in total. The summed E-state index contributed by atoms with van der Waals surface area (Å²) in [5.74, 6) is 0. The molecule has 1 saturated heterocycles. The Balaban J connectivity index is 2.15. The Morgan fingerprint density at radius 3 is 2.64 bits per heavy atom. The molecule has 0 spiro atoms. The summed E-state index contributed by atoms with van der Waals surface area (Å²) < 4.78 is 0. The highest BCUT2D eigenvalue weighted by Crippen LogP contribution is 2.25. The molecule has 22 heavy (non-hydrogen) atoms. The van der Waals surface area contributed by atoms with Crippen LogP contribution in [-0.2, 0) is 6.54 Å². The summed E-state index contributed by atoms with van der Waals surface area (Å²) in [5, 5.41) is 20.2. The molecule has 1 aromatic carbocycles. The van der Waals surface area contributed by atoms with Gasteiger partial charge < -0.3 is 10.0 Å². The van der Waals surface area contributed by atoms with Crippen molar-refractivity contribution < 1.29 is 14.8 Å². The fraction of sp³-hybridized carbons (Fsp3) is 0.533. The predicted molar refractivity (Wildman–Crippen MR) is 82.0 cm³/mol. The first-order valence-corrected chi connectivity index (χ1v) is 7.26. The van der Waals surface area contributed by atoms with E-state index in [4.69, 9.17) is 5.11 Å². The second-order valence-corrected chi connectivity index (χ2v) is 5.89. The molecule has 120 valence electrons. The number of nitrogens with zero attached hydrogens (tertiary/aromatic N) is 3. The maximum atomic E-state index is 11.1. The number of hydrogen-bond acceptors (Lipinski definition) is 4. The predicted octanol–water partition coefficient (Wildman–Crippen LogP) is 2.40. The Morgan fingerprint density at radius 2 is 2.09 bits per heavy atom. The molecule has 0 bridgehead atoms. The second-order valence-electron chi connectivity index (χ2n) is 5.89. The van der Waals surface area contributed by atoms with Gasteiger partial charge in [0.2, 0.25) is 0 Å². The highest BCUT2D eigenvalue weighted by Gasteiger charge is 2.27. The lowest BCUT2D eigenvalue weighted by Gasteiger charge is -2.38. The van der Waals surface area contributed by atoms with E-state index in [9.17, 15) is 14.9 Å². The first-order chi connectivity index (χ1) is 10.3. The van der Waals surface area contributed by atoms with E-state index >= 15 is 0 Å². The van der Waals surface area contributed by atoms with Crippen molar-refractivity contribution in [3.63, 3.8) is 0 Å². The van der Waals surface area contributed by atoms with Crippen molar-refractivity contribution in [3.05, 3.63) is 38.9 Å². The molecule has 0 saturated carbocycles. The molecule has 1 aliphatic heterocycles. The molecule has 1 aromatic rings. The van der Waals surface area contributed by atoms with E-state index in [0.29, 0.717) is 31.7 Å². The van der Waals surface area contributed by atoms with Gasteiger partial charge in [0.05, 0.1) is 4.92 Å². The molecular weight excluding hydrogens is 286 g/mol. The summed E-state index contributed by atoms with van der Waals surface area (Å²) in [6.45, 7) is 7.83. The van der Waals surface area contributed by atoms with E-state index < -0.39 is 6.09 Å². The van der Waals surface area contributed by atoms with Crippen LogP contribution in [0.4, 0.5) is 10.5 Å². The molecule has 1 heterocycles. The van der Waals surface area contributed by atoms with Gasteiger partial charge in [-0.1, -0.05) is 6.07 Å². The fourth-order valence-corrected chi connectivity index (χ4v) is 2.97. The van der Waals surface area contributed by atoms with Gasteiger partial charge in [-0.25, -0.2) is 4.79 Å². The van der Waals surface area contributed by atoms with Gasteiger partial charge in [-0.05, 0) is 31.9 Å². The monoisotopic (exact) mass is 307 g/mol. The third-order valence-corrected chi connectivity index (χ3v) is 4.18. The fourth-order valence-electron chi connectivity index (χ4n) is 2.97. The maximum absolute atomic E-state index is 11.1. The highest BCUT2D eigenvalue weighted by molar-refractivity contribution is 5.65. The van der Waals surface area contributed by atoms with Gasteiger partial charge in [0, 0.05) is 43.9 Å². The number of piperazine rings is 1. The Hall–Kier alpha value is -2.15. The summed E-state index contributed by atoms with van der Waals surface area (Å²) in [4.78, 5) is 25.4. The lowest BCUT2D eigenvalue weighted by Crippen LogP contribution is -2.53. The number of benzene rings is 1. The van der Waals surface area contributed by atoms with Gasteiger partial charge in [-0.3, -0.25) is 15.0 Å². The van der Waals surface area contributed by atoms with Crippen molar-refractivity contribution in [3.8, 4) is 0 Å². The molecule has 2 rings (SSSR count). The Labute approximate surface area is 129 Å². The van der Waals surface area contributed by atoms with E-state index in [0.717, 1.165) is 11.1 Å². The van der Waals surface area contributed by atoms with Gasteiger partial charge >= 0.3 is 6.09 Å². The van der Waals surface area contributed by atoms with Crippen LogP contribution in [-0.4, -0.2) is 51.6 Å². The minimum Gasteiger partial charge on any atom is -0.465 e. The molecule has 1 fully saturated rings.